The summed E-state index contributed by atoms with van der Waals surface area (Å²) in [7, 11) is 3.25. The van der Waals surface area contributed by atoms with Crippen LogP contribution in [0.5, 0.6) is 5.75 Å². The van der Waals surface area contributed by atoms with Crippen molar-refractivity contribution in [3.05, 3.63) is 24.5 Å². The maximum Gasteiger partial charge on any atom is 0.163 e. The van der Waals surface area contributed by atoms with Gasteiger partial charge in [0.25, 0.3) is 0 Å². The van der Waals surface area contributed by atoms with Crippen molar-refractivity contribution in [2.24, 2.45) is 0 Å². The third kappa shape index (κ3) is 2.43. The topological polar surface area (TPSA) is 75.2 Å². The molecule has 18 heavy (non-hydrogen) atoms. The molecule has 0 amide bonds. The standard InChI is InChI=1S/C12H16N4O2/c1-17-6-5-16-8-14-15-12(16)9-3-4-11(18-2)10(13)7-9/h3-4,7-8H,5-6,13H2,1-2H3. The third-order valence-corrected chi connectivity index (χ3v) is 2.64. The molecule has 2 aromatic rings. The van der Waals surface area contributed by atoms with E-state index in [4.69, 9.17) is 15.2 Å². The summed E-state index contributed by atoms with van der Waals surface area (Å²) in [5, 5.41) is 8.01. The Labute approximate surface area is 105 Å². The molecule has 0 saturated carbocycles. The van der Waals surface area contributed by atoms with Gasteiger partial charge in [-0.2, -0.15) is 0 Å². The van der Waals surface area contributed by atoms with Gasteiger partial charge >= 0.3 is 0 Å². The summed E-state index contributed by atoms with van der Waals surface area (Å²) in [6.45, 7) is 1.31. The van der Waals surface area contributed by atoms with Crippen molar-refractivity contribution in [1.29, 1.82) is 0 Å². The van der Waals surface area contributed by atoms with Crippen molar-refractivity contribution in [3.8, 4) is 17.1 Å². The Hall–Kier alpha value is -2.08. The third-order valence-electron chi connectivity index (χ3n) is 2.64. The van der Waals surface area contributed by atoms with E-state index in [0.29, 0.717) is 24.6 Å². The molecule has 0 aliphatic rings. The molecule has 1 aromatic carbocycles. The molecule has 96 valence electrons. The number of hydrogen-bond acceptors (Lipinski definition) is 5. The molecule has 2 N–H and O–H groups in total. The predicted molar refractivity (Wildman–Crippen MR) is 68.3 cm³/mol. The Balaban J connectivity index is 2.31. The number of methoxy groups -OCH3 is 2. The fourth-order valence-corrected chi connectivity index (χ4v) is 1.71. The Morgan fingerprint density at radius 2 is 2.17 bits per heavy atom. The van der Waals surface area contributed by atoms with E-state index in [0.717, 1.165) is 11.4 Å². The lowest BCUT2D eigenvalue weighted by Crippen LogP contribution is -2.05. The molecule has 0 radical (unpaired) electrons. The fraction of sp³-hybridized carbons (Fsp3) is 0.333. The minimum absolute atomic E-state index is 0.580. The summed E-state index contributed by atoms with van der Waals surface area (Å²) < 4.78 is 12.1. The van der Waals surface area contributed by atoms with E-state index in [1.165, 1.54) is 0 Å². The average molecular weight is 248 g/mol. The van der Waals surface area contributed by atoms with Crippen molar-refractivity contribution < 1.29 is 9.47 Å². The summed E-state index contributed by atoms with van der Waals surface area (Å²) in [6, 6.07) is 5.55. The van der Waals surface area contributed by atoms with Crippen LogP contribution in [0.2, 0.25) is 0 Å². The zero-order valence-corrected chi connectivity index (χ0v) is 10.5. The molecule has 6 nitrogen and oxygen atoms in total. The van der Waals surface area contributed by atoms with E-state index < -0.39 is 0 Å². The van der Waals surface area contributed by atoms with Gasteiger partial charge in [0.05, 0.1) is 19.4 Å². The first kappa shape index (κ1) is 12.4. The molecule has 6 heteroatoms. The highest BCUT2D eigenvalue weighted by Gasteiger charge is 2.09. The van der Waals surface area contributed by atoms with E-state index in [1.54, 1.807) is 20.5 Å². The summed E-state index contributed by atoms with van der Waals surface area (Å²) >= 11 is 0. The van der Waals surface area contributed by atoms with E-state index in [2.05, 4.69) is 10.2 Å². The number of nitrogens with two attached hydrogens (primary N) is 1. The largest absolute Gasteiger partial charge is 0.495 e. The quantitative estimate of drug-likeness (QED) is 0.804. The minimum atomic E-state index is 0.580. The van der Waals surface area contributed by atoms with Crippen LogP contribution in [-0.2, 0) is 11.3 Å². The van der Waals surface area contributed by atoms with E-state index in [9.17, 15) is 0 Å². The van der Waals surface area contributed by atoms with Crippen LogP contribution in [0.15, 0.2) is 24.5 Å². The molecule has 0 aliphatic carbocycles. The molecule has 0 atom stereocenters. The van der Waals surface area contributed by atoms with Gasteiger partial charge in [0.2, 0.25) is 0 Å². The average Bonchev–Trinajstić information content (AvgIpc) is 2.84. The van der Waals surface area contributed by atoms with Gasteiger partial charge in [0.15, 0.2) is 5.82 Å². The lowest BCUT2D eigenvalue weighted by atomic mass is 10.2. The number of anilines is 1. The highest BCUT2D eigenvalue weighted by molar-refractivity contribution is 5.66. The van der Waals surface area contributed by atoms with E-state index >= 15 is 0 Å². The molecule has 2 rings (SSSR count). The number of nitrogens with zero attached hydrogens (tertiary/aromatic N) is 3. The highest BCUT2D eigenvalue weighted by atomic mass is 16.5. The first-order chi connectivity index (χ1) is 8.76. The molecule has 0 bridgehead atoms. The van der Waals surface area contributed by atoms with Crippen LogP contribution in [0, 0.1) is 0 Å². The second-order valence-corrected chi connectivity index (χ2v) is 3.80. The lowest BCUT2D eigenvalue weighted by molar-refractivity contribution is 0.187. The molecule has 1 aromatic heterocycles. The highest BCUT2D eigenvalue weighted by Crippen LogP contribution is 2.27. The van der Waals surface area contributed by atoms with Crippen LogP contribution in [-0.4, -0.2) is 35.6 Å². The summed E-state index contributed by atoms with van der Waals surface area (Å²) in [5.41, 5.74) is 7.37. The second-order valence-electron chi connectivity index (χ2n) is 3.80. The van der Waals surface area contributed by atoms with Crippen molar-refractivity contribution >= 4 is 5.69 Å². The minimum Gasteiger partial charge on any atom is -0.495 e. The Kier molecular flexibility index (Phi) is 3.78. The molecule has 0 aliphatic heterocycles. The molecule has 0 unspecified atom stereocenters. The van der Waals surface area contributed by atoms with Crippen LogP contribution in [0.1, 0.15) is 0 Å². The SMILES string of the molecule is COCCn1cnnc1-c1ccc(OC)c(N)c1. The van der Waals surface area contributed by atoms with Crippen molar-refractivity contribution in [1.82, 2.24) is 14.8 Å². The maximum absolute atomic E-state index is 5.88. The number of hydrogen-bond donors (Lipinski definition) is 1. The first-order valence-electron chi connectivity index (χ1n) is 5.57. The van der Waals surface area contributed by atoms with Gasteiger partial charge in [-0.05, 0) is 18.2 Å². The van der Waals surface area contributed by atoms with Gasteiger partial charge in [-0.25, -0.2) is 0 Å². The van der Waals surface area contributed by atoms with Crippen molar-refractivity contribution in [2.45, 2.75) is 6.54 Å². The summed E-state index contributed by atoms with van der Waals surface area (Å²) in [6.07, 6.45) is 1.68. The lowest BCUT2D eigenvalue weighted by Gasteiger charge is -2.08. The number of benzene rings is 1. The molecule has 0 saturated heterocycles. The number of nitrogen functional groups attached to an aromatic ring is 1. The number of aromatic nitrogens is 3. The van der Waals surface area contributed by atoms with Crippen LogP contribution in [0.3, 0.4) is 0 Å². The fourth-order valence-electron chi connectivity index (χ4n) is 1.71. The van der Waals surface area contributed by atoms with Crippen LogP contribution < -0.4 is 10.5 Å². The predicted octanol–water partition coefficient (Wildman–Crippen LogP) is 1.18. The molecular formula is C12H16N4O2. The van der Waals surface area contributed by atoms with E-state index in [1.807, 2.05) is 22.8 Å². The number of rotatable bonds is 5. The van der Waals surface area contributed by atoms with Gasteiger partial charge in [-0.1, -0.05) is 0 Å². The zero-order chi connectivity index (χ0) is 13.0. The number of ether oxygens (including phenoxy) is 2. The molecule has 1 heterocycles. The zero-order valence-electron chi connectivity index (χ0n) is 10.5. The first-order valence-corrected chi connectivity index (χ1v) is 5.57. The van der Waals surface area contributed by atoms with Gasteiger partial charge in [0.1, 0.15) is 12.1 Å². The maximum atomic E-state index is 5.88. The van der Waals surface area contributed by atoms with Gasteiger partial charge in [-0.15, -0.1) is 10.2 Å². The Morgan fingerprint density at radius 3 is 2.83 bits per heavy atom. The van der Waals surface area contributed by atoms with Gasteiger partial charge in [-0.3, -0.25) is 0 Å². The molecular weight excluding hydrogens is 232 g/mol. The molecule has 0 spiro atoms. The summed E-state index contributed by atoms with van der Waals surface area (Å²) in [5.74, 6) is 1.42. The summed E-state index contributed by atoms with van der Waals surface area (Å²) in [4.78, 5) is 0. The van der Waals surface area contributed by atoms with Crippen LogP contribution in [0.25, 0.3) is 11.4 Å². The smallest absolute Gasteiger partial charge is 0.163 e. The second kappa shape index (κ2) is 5.50. The monoisotopic (exact) mass is 248 g/mol. The van der Waals surface area contributed by atoms with Crippen molar-refractivity contribution in [3.63, 3.8) is 0 Å². The normalized spacial score (nSPS) is 10.6. The van der Waals surface area contributed by atoms with Gasteiger partial charge < -0.3 is 19.8 Å². The van der Waals surface area contributed by atoms with Gasteiger partial charge in [0, 0.05) is 19.2 Å². The van der Waals surface area contributed by atoms with Crippen LogP contribution >= 0.6 is 0 Å². The Morgan fingerprint density at radius 1 is 1.33 bits per heavy atom. The van der Waals surface area contributed by atoms with Crippen molar-refractivity contribution in [2.75, 3.05) is 26.6 Å². The van der Waals surface area contributed by atoms with E-state index in [-0.39, 0.29) is 0 Å². The van der Waals surface area contributed by atoms with Crippen LogP contribution in [0.4, 0.5) is 5.69 Å². The molecule has 0 fully saturated rings. The Bertz CT molecular complexity index is 525.